The molecular weight excluding hydrogens is 201 g/mol. The van der Waals surface area contributed by atoms with Gasteiger partial charge in [0.1, 0.15) is 5.60 Å². The monoisotopic (exact) mass is 217 g/mol. The Bertz CT molecular complexity index is 268. The molecule has 0 aliphatic heterocycles. The van der Waals surface area contributed by atoms with Gasteiger partial charge in [-0.1, -0.05) is 0 Å². The predicted molar refractivity (Wildman–Crippen MR) is 54.1 cm³/mol. The van der Waals surface area contributed by atoms with Crippen LogP contribution in [0.5, 0.6) is 0 Å². The molecule has 1 amide bonds. The first-order valence-corrected chi connectivity index (χ1v) is 4.51. The van der Waals surface area contributed by atoms with Crippen molar-refractivity contribution in [3.05, 3.63) is 11.9 Å². The van der Waals surface area contributed by atoms with E-state index in [-0.39, 0.29) is 12.8 Å². The van der Waals surface area contributed by atoms with Crippen molar-refractivity contribution >= 4 is 12.4 Å². The number of halogens is 1. The summed E-state index contributed by atoms with van der Waals surface area (Å²) >= 11 is 0. The van der Waals surface area contributed by atoms with E-state index in [0.717, 1.165) is 6.08 Å². The summed E-state index contributed by atoms with van der Waals surface area (Å²) in [6, 6.07) is 0. The molecule has 0 heterocycles. The maximum Gasteiger partial charge on any atom is 0.410 e. The van der Waals surface area contributed by atoms with E-state index in [0.29, 0.717) is 0 Å². The summed E-state index contributed by atoms with van der Waals surface area (Å²) < 4.78 is 17.4. The summed E-state index contributed by atoms with van der Waals surface area (Å²) in [5, 5.41) is 0. The molecule has 0 aromatic carbocycles. The number of allylic oxidation sites excluding steroid dienone is 1. The number of likely N-dealkylation sites (N-methyl/N-ethyl adjacent to an activating group) is 1. The van der Waals surface area contributed by atoms with Gasteiger partial charge < -0.3 is 9.64 Å². The second-order valence-electron chi connectivity index (χ2n) is 4.07. The molecule has 5 heteroatoms. The third-order valence-corrected chi connectivity index (χ3v) is 1.38. The van der Waals surface area contributed by atoms with Gasteiger partial charge in [0.25, 0.3) is 0 Å². The van der Waals surface area contributed by atoms with Crippen LogP contribution in [-0.4, -0.2) is 36.5 Å². The van der Waals surface area contributed by atoms with Crippen LogP contribution in [0.1, 0.15) is 20.8 Å². The van der Waals surface area contributed by atoms with Crippen LogP contribution in [0.25, 0.3) is 0 Å². The third-order valence-electron chi connectivity index (χ3n) is 1.38. The molecular formula is C10H16FNO3. The van der Waals surface area contributed by atoms with Crippen molar-refractivity contribution in [1.29, 1.82) is 0 Å². The van der Waals surface area contributed by atoms with Crippen LogP contribution in [0.3, 0.4) is 0 Å². The Hall–Kier alpha value is -1.39. The molecule has 0 aliphatic rings. The largest absolute Gasteiger partial charge is 0.444 e. The number of aldehydes is 1. The molecule has 0 rings (SSSR count). The van der Waals surface area contributed by atoms with Gasteiger partial charge in [-0.25, -0.2) is 9.18 Å². The number of hydrogen-bond acceptors (Lipinski definition) is 3. The van der Waals surface area contributed by atoms with Crippen molar-refractivity contribution in [2.24, 2.45) is 0 Å². The minimum Gasteiger partial charge on any atom is -0.444 e. The summed E-state index contributed by atoms with van der Waals surface area (Å²) in [5.41, 5.74) is -0.585. The zero-order chi connectivity index (χ0) is 12.1. The Labute approximate surface area is 88.7 Å². The van der Waals surface area contributed by atoms with E-state index < -0.39 is 17.5 Å². The minimum absolute atomic E-state index is 0.000509. The highest BCUT2D eigenvalue weighted by molar-refractivity contribution is 5.71. The van der Waals surface area contributed by atoms with Crippen LogP contribution in [0, 0.1) is 0 Å². The van der Waals surface area contributed by atoms with E-state index in [9.17, 15) is 14.0 Å². The van der Waals surface area contributed by atoms with Gasteiger partial charge >= 0.3 is 6.09 Å². The van der Waals surface area contributed by atoms with Gasteiger partial charge in [-0.05, 0) is 26.8 Å². The van der Waals surface area contributed by atoms with Gasteiger partial charge in [0, 0.05) is 13.6 Å². The Morgan fingerprint density at radius 3 is 2.40 bits per heavy atom. The quantitative estimate of drug-likeness (QED) is 0.536. The standard InChI is InChI=1S/C10H16FNO3/c1-10(2,3)15-9(14)12(4)6-5-8(11)7-13/h5,7H,6H2,1-4H3/b8-5-. The predicted octanol–water partition coefficient (Wildman–Crippen LogP) is 1.91. The van der Waals surface area contributed by atoms with Crippen molar-refractivity contribution < 1.29 is 18.7 Å². The van der Waals surface area contributed by atoms with Crippen LogP contribution in [0.2, 0.25) is 0 Å². The first-order chi connectivity index (χ1) is 6.76. The van der Waals surface area contributed by atoms with Gasteiger partial charge in [-0.15, -0.1) is 0 Å². The lowest BCUT2D eigenvalue weighted by atomic mass is 10.2. The average molecular weight is 217 g/mol. The van der Waals surface area contributed by atoms with Crippen LogP contribution < -0.4 is 0 Å². The molecule has 0 aliphatic carbocycles. The first kappa shape index (κ1) is 13.6. The van der Waals surface area contributed by atoms with E-state index >= 15 is 0 Å². The highest BCUT2D eigenvalue weighted by atomic mass is 19.1. The van der Waals surface area contributed by atoms with Gasteiger partial charge in [0.2, 0.25) is 0 Å². The van der Waals surface area contributed by atoms with Crippen molar-refractivity contribution in [2.45, 2.75) is 26.4 Å². The van der Waals surface area contributed by atoms with Crippen LogP contribution in [0.15, 0.2) is 11.9 Å². The van der Waals surface area contributed by atoms with E-state index in [2.05, 4.69) is 0 Å². The number of amides is 1. The van der Waals surface area contributed by atoms with E-state index in [1.807, 2.05) is 0 Å². The summed E-state index contributed by atoms with van der Waals surface area (Å²) in [4.78, 5) is 22.4. The van der Waals surface area contributed by atoms with E-state index in [1.54, 1.807) is 20.8 Å². The fraction of sp³-hybridized carbons (Fsp3) is 0.600. The van der Waals surface area contributed by atoms with Gasteiger partial charge in [-0.2, -0.15) is 0 Å². The van der Waals surface area contributed by atoms with Crippen molar-refractivity contribution in [3.8, 4) is 0 Å². The van der Waals surface area contributed by atoms with Crippen LogP contribution >= 0.6 is 0 Å². The fourth-order valence-electron chi connectivity index (χ4n) is 0.687. The lowest BCUT2D eigenvalue weighted by Crippen LogP contribution is -2.34. The lowest BCUT2D eigenvalue weighted by molar-refractivity contribution is -0.106. The summed E-state index contributed by atoms with van der Waals surface area (Å²) in [6.45, 7) is 5.21. The zero-order valence-electron chi connectivity index (χ0n) is 9.41. The Morgan fingerprint density at radius 2 is 2.00 bits per heavy atom. The average Bonchev–Trinajstić information content (AvgIpc) is 2.10. The topological polar surface area (TPSA) is 46.6 Å². The smallest absolute Gasteiger partial charge is 0.410 e. The molecule has 0 radical (unpaired) electrons. The van der Waals surface area contributed by atoms with Gasteiger partial charge in [-0.3, -0.25) is 4.79 Å². The number of carbonyl (C=O) groups excluding carboxylic acids is 2. The van der Waals surface area contributed by atoms with Crippen molar-refractivity contribution in [1.82, 2.24) is 4.90 Å². The number of rotatable bonds is 3. The molecule has 0 saturated heterocycles. The first-order valence-electron chi connectivity index (χ1n) is 4.51. The second kappa shape index (κ2) is 5.48. The van der Waals surface area contributed by atoms with Gasteiger partial charge in [0.05, 0.1) is 0 Å². The molecule has 0 atom stereocenters. The molecule has 0 spiro atoms. The van der Waals surface area contributed by atoms with Crippen LogP contribution in [0.4, 0.5) is 9.18 Å². The molecule has 0 aromatic heterocycles. The molecule has 0 aromatic rings. The fourth-order valence-corrected chi connectivity index (χ4v) is 0.687. The summed E-state index contributed by atoms with van der Waals surface area (Å²) in [5.74, 6) is -0.898. The number of nitrogens with zero attached hydrogens (tertiary/aromatic N) is 1. The molecule has 0 saturated carbocycles. The Kier molecular flexibility index (Phi) is 4.97. The molecule has 0 bridgehead atoms. The zero-order valence-corrected chi connectivity index (χ0v) is 9.41. The molecule has 15 heavy (non-hydrogen) atoms. The number of hydrogen-bond donors (Lipinski definition) is 0. The van der Waals surface area contributed by atoms with Gasteiger partial charge in [0.15, 0.2) is 12.1 Å². The third kappa shape index (κ3) is 6.65. The lowest BCUT2D eigenvalue weighted by Gasteiger charge is -2.23. The normalized spacial score (nSPS) is 12.2. The highest BCUT2D eigenvalue weighted by Crippen LogP contribution is 2.09. The van der Waals surface area contributed by atoms with E-state index in [1.165, 1.54) is 11.9 Å². The summed E-state index contributed by atoms with van der Waals surface area (Å²) in [7, 11) is 1.46. The van der Waals surface area contributed by atoms with Crippen molar-refractivity contribution in [3.63, 3.8) is 0 Å². The summed E-state index contributed by atoms with van der Waals surface area (Å²) in [6.07, 6.45) is 0.539. The Balaban J connectivity index is 4.17. The maximum absolute atomic E-state index is 12.4. The maximum atomic E-state index is 12.4. The second-order valence-corrected chi connectivity index (χ2v) is 4.07. The molecule has 0 N–H and O–H groups in total. The number of carbonyl (C=O) groups is 2. The Morgan fingerprint density at radius 1 is 1.47 bits per heavy atom. The highest BCUT2D eigenvalue weighted by Gasteiger charge is 2.18. The van der Waals surface area contributed by atoms with Crippen molar-refractivity contribution in [2.75, 3.05) is 13.6 Å². The molecule has 0 fully saturated rings. The molecule has 0 unspecified atom stereocenters. The van der Waals surface area contributed by atoms with E-state index in [4.69, 9.17) is 4.74 Å². The van der Waals surface area contributed by atoms with Crippen LogP contribution in [-0.2, 0) is 9.53 Å². The molecule has 86 valence electrons. The number of ether oxygens (including phenoxy) is 1. The minimum atomic E-state index is -0.898. The SMILES string of the molecule is CN(C/C=C(\F)C=O)C(=O)OC(C)(C)C. The molecule has 4 nitrogen and oxygen atoms in total.